The molecular formula is C36H25Cl3N2O11. The first-order valence-electron chi connectivity index (χ1n) is 14.6. The van der Waals surface area contributed by atoms with Crippen molar-refractivity contribution < 1.29 is 52.3 Å². The number of hydrogen-bond acceptors (Lipinski definition) is 13. The van der Waals surface area contributed by atoms with Gasteiger partial charge in [0.25, 0.3) is 0 Å². The molecule has 0 aliphatic rings. The topological polar surface area (TPSA) is 180 Å². The van der Waals surface area contributed by atoms with Crippen LogP contribution in [0, 0.1) is 22.7 Å². The van der Waals surface area contributed by atoms with E-state index >= 15 is 0 Å². The van der Waals surface area contributed by atoms with Crippen LogP contribution < -0.4 is 14.2 Å². The molecule has 4 aromatic carbocycles. The lowest BCUT2D eigenvalue weighted by molar-refractivity contribution is 0.0580. The van der Waals surface area contributed by atoms with E-state index in [9.17, 15) is 29.7 Å². The van der Waals surface area contributed by atoms with Gasteiger partial charge < -0.3 is 33.2 Å². The van der Waals surface area contributed by atoms with Gasteiger partial charge in [-0.15, -0.1) is 0 Å². The average molecular weight is 768 g/mol. The summed E-state index contributed by atoms with van der Waals surface area (Å²) < 4.78 is 37.1. The standard InChI is InChI=1S/C36H25Cl3N2O11/c1-46-33(42)20-8-21(34(43)47-2)11-24(10-20)50-16-18-5-19(17-51-25-12-22(35(44)48-3)9-23(13-25)36(45)49-4)7-26(6-18)52-32-30(38)28(15-41)27(14-40)29(37)31(32)39/h5-13H,16-17H2,1-4H3. The summed E-state index contributed by atoms with van der Waals surface area (Å²) in [4.78, 5) is 49.2. The van der Waals surface area contributed by atoms with E-state index in [4.69, 9.17) is 68.0 Å². The van der Waals surface area contributed by atoms with Crippen molar-refractivity contribution in [2.75, 3.05) is 28.4 Å². The SMILES string of the molecule is COC(=O)c1cc(OCc2cc(COc3cc(C(=O)OC)cc(C(=O)OC)c3)cc(Oc3c(Cl)c(Cl)c(C#N)c(C#N)c3Cl)c2)cc(C(=O)OC)c1. The van der Waals surface area contributed by atoms with Crippen LogP contribution >= 0.6 is 34.8 Å². The molecular weight excluding hydrogens is 743 g/mol. The molecule has 0 saturated carbocycles. The molecule has 4 rings (SSSR count). The minimum absolute atomic E-state index is 0.0300. The van der Waals surface area contributed by atoms with E-state index in [2.05, 4.69) is 0 Å². The third kappa shape index (κ3) is 8.83. The first-order chi connectivity index (χ1) is 24.9. The van der Waals surface area contributed by atoms with Gasteiger partial charge in [0, 0.05) is 0 Å². The number of hydrogen-bond donors (Lipinski definition) is 0. The van der Waals surface area contributed by atoms with Crippen molar-refractivity contribution in [3.05, 3.63) is 114 Å². The van der Waals surface area contributed by atoms with Crippen molar-refractivity contribution in [3.8, 4) is 35.1 Å². The second kappa shape index (κ2) is 17.3. The van der Waals surface area contributed by atoms with Crippen molar-refractivity contribution in [2.24, 2.45) is 0 Å². The fraction of sp³-hybridized carbons (Fsp3) is 0.167. The van der Waals surface area contributed by atoms with Crippen LogP contribution in [0.25, 0.3) is 0 Å². The number of ether oxygens (including phenoxy) is 7. The molecule has 0 spiro atoms. The zero-order valence-electron chi connectivity index (χ0n) is 27.6. The number of rotatable bonds is 12. The minimum Gasteiger partial charge on any atom is -0.489 e. The van der Waals surface area contributed by atoms with Gasteiger partial charge in [0.1, 0.15) is 52.6 Å². The van der Waals surface area contributed by atoms with Gasteiger partial charge in [0.15, 0.2) is 5.75 Å². The quantitative estimate of drug-likeness (QED) is 0.0787. The van der Waals surface area contributed by atoms with Gasteiger partial charge in [-0.1, -0.05) is 34.8 Å². The Morgan fingerprint density at radius 1 is 0.519 bits per heavy atom. The van der Waals surface area contributed by atoms with E-state index < -0.39 is 23.9 Å². The molecule has 13 nitrogen and oxygen atoms in total. The van der Waals surface area contributed by atoms with Crippen molar-refractivity contribution in [1.82, 2.24) is 0 Å². The number of nitrogens with zero attached hydrogens (tertiary/aromatic N) is 2. The number of carbonyl (C=O) groups excluding carboxylic acids is 4. The van der Waals surface area contributed by atoms with Crippen LogP contribution in [0.1, 0.15) is 63.7 Å². The van der Waals surface area contributed by atoms with Crippen LogP contribution in [0.2, 0.25) is 15.1 Å². The molecule has 0 radical (unpaired) electrons. The molecule has 0 amide bonds. The summed E-state index contributed by atoms with van der Waals surface area (Å²) in [7, 11) is 4.74. The van der Waals surface area contributed by atoms with E-state index in [0.29, 0.717) is 11.1 Å². The maximum Gasteiger partial charge on any atom is 0.338 e. The van der Waals surface area contributed by atoms with Crippen LogP contribution in [0.3, 0.4) is 0 Å². The second-order valence-corrected chi connectivity index (χ2v) is 11.5. The van der Waals surface area contributed by atoms with E-state index in [1.807, 2.05) is 6.07 Å². The lowest BCUT2D eigenvalue weighted by Crippen LogP contribution is -2.08. The highest BCUT2D eigenvalue weighted by atomic mass is 35.5. The van der Waals surface area contributed by atoms with Gasteiger partial charge in [0.05, 0.1) is 66.8 Å². The van der Waals surface area contributed by atoms with Gasteiger partial charge >= 0.3 is 23.9 Å². The summed E-state index contributed by atoms with van der Waals surface area (Å²) >= 11 is 19.2. The molecule has 0 aliphatic heterocycles. The Morgan fingerprint density at radius 3 is 1.23 bits per heavy atom. The summed E-state index contributed by atoms with van der Waals surface area (Å²) in [5.41, 5.74) is 0.532. The molecule has 0 heterocycles. The Morgan fingerprint density at radius 2 is 0.885 bits per heavy atom. The Hall–Kier alpha value is -5.99. The lowest BCUT2D eigenvalue weighted by Gasteiger charge is -2.16. The number of esters is 4. The molecule has 16 heteroatoms. The Labute approximate surface area is 311 Å². The molecule has 0 saturated heterocycles. The zero-order chi connectivity index (χ0) is 38.1. The molecule has 0 aromatic heterocycles. The van der Waals surface area contributed by atoms with E-state index in [0.717, 1.165) is 0 Å². The number of nitriles is 2. The van der Waals surface area contributed by atoms with Crippen molar-refractivity contribution in [3.63, 3.8) is 0 Å². The third-order valence-electron chi connectivity index (χ3n) is 7.06. The van der Waals surface area contributed by atoms with E-state index in [1.54, 1.807) is 12.1 Å². The molecule has 4 aromatic rings. The zero-order valence-corrected chi connectivity index (χ0v) is 29.9. The highest BCUT2D eigenvalue weighted by molar-refractivity contribution is 6.46. The maximum atomic E-state index is 12.3. The Kier molecular flexibility index (Phi) is 12.9. The fourth-order valence-corrected chi connectivity index (χ4v) is 5.42. The first kappa shape index (κ1) is 38.8. The Balaban J connectivity index is 1.77. The van der Waals surface area contributed by atoms with Crippen LogP contribution in [-0.2, 0) is 32.2 Å². The predicted molar refractivity (Wildman–Crippen MR) is 184 cm³/mol. The normalized spacial score (nSPS) is 10.2. The minimum atomic E-state index is -0.719. The Bertz CT molecular complexity index is 2000. The van der Waals surface area contributed by atoms with Crippen molar-refractivity contribution >= 4 is 58.7 Å². The van der Waals surface area contributed by atoms with Crippen molar-refractivity contribution in [2.45, 2.75) is 13.2 Å². The predicted octanol–water partition coefficient (Wildman–Crippen LogP) is 7.49. The highest BCUT2D eigenvalue weighted by Gasteiger charge is 2.24. The molecule has 0 fully saturated rings. The fourth-order valence-electron chi connectivity index (χ4n) is 4.65. The number of benzene rings is 4. The van der Waals surface area contributed by atoms with Crippen LogP contribution in [0.4, 0.5) is 0 Å². The molecule has 0 unspecified atom stereocenters. The second-order valence-electron chi connectivity index (χ2n) is 10.4. The molecule has 0 atom stereocenters. The summed E-state index contributed by atoms with van der Waals surface area (Å²) in [5, 5.41) is 18.4. The van der Waals surface area contributed by atoms with Crippen LogP contribution in [0.5, 0.6) is 23.0 Å². The smallest absolute Gasteiger partial charge is 0.338 e. The molecule has 0 N–H and O–H groups in total. The first-order valence-corrected chi connectivity index (χ1v) is 15.7. The third-order valence-corrected chi connectivity index (χ3v) is 8.25. The van der Waals surface area contributed by atoms with Gasteiger partial charge in [-0.05, 0) is 65.7 Å². The summed E-state index contributed by atoms with van der Waals surface area (Å²) in [6.45, 7) is -0.336. The highest BCUT2D eigenvalue weighted by Crippen LogP contribution is 2.45. The largest absolute Gasteiger partial charge is 0.489 e. The van der Waals surface area contributed by atoms with Gasteiger partial charge in [0.2, 0.25) is 0 Å². The van der Waals surface area contributed by atoms with E-state index in [-0.39, 0.29) is 84.7 Å². The number of halogens is 3. The lowest BCUT2D eigenvalue weighted by atomic mass is 10.1. The van der Waals surface area contributed by atoms with Gasteiger partial charge in [-0.3, -0.25) is 0 Å². The van der Waals surface area contributed by atoms with Gasteiger partial charge in [-0.25, -0.2) is 19.2 Å². The molecule has 0 aliphatic carbocycles. The van der Waals surface area contributed by atoms with Crippen molar-refractivity contribution in [1.29, 1.82) is 10.5 Å². The summed E-state index contributed by atoms with van der Waals surface area (Å²) in [5.74, 6) is -2.75. The average Bonchev–Trinajstić information content (AvgIpc) is 3.17. The molecule has 52 heavy (non-hydrogen) atoms. The summed E-state index contributed by atoms with van der Waals surface area (Å²) in [6, 6.07) is 16.4. The van der Waals surface area contributed by atoms with Crippen LogP contribution in [-0.4, -0.2) is 52.3 Å². The van der Waals surface area contributed by atoms with E-state index in [1.165, 1.54) is 77.0 Å². The monoisotopic (exact) mass is 766 g/mol. The molecule has 0 bridgehead atoms. The number of methoxy groups -OCH3 is 4. The van der Waals surface area contributed by atoms with Gasteiger partial charge in [-0.2, -0.15) is 10.5 Å². The summed E-state index contributed by atoms with van der Waals surface area (Å²) in [6.07, 6.45) is 0. The van der Waals surface area contributed by atoms with Crippen LogP contribution in [0.15, 0.2) is 54.6 Å². The number of carbonyl (C=O) groups is 4. The molecule has 266 valence electrons. The maximum absolute atomic E-state index is 12.3.